The number of para-hydroxylation sites is 3. The van der Waals surface area contributed by atoms with Gasteiger partial charge >= 0.3 is 0 Å². The van der Waals surface area contributed by atoms with Crippen molar-refractivity contribution in [3.8, 4) is 73.5 Å². The molecular formula is C65H42N6. The highest BCUT2D eigenvalue weighted by Gasteiger charge is 2.22. The first-order valence-electron chi connectivity index (χ1n) is 24.0. The fourth-order valence-corrected chi connectivity index (χ4v) is 10.6. The molecule has 0 radical (unpaired) electrons. The molecule has 71 heavy (non-hydrogen) atoms. The second-order valence-corrected chi connectivity index (χ2v) is 18.1. The zero-order valence-electron chi connectivity index (χ0n) is 38.4. The Kier molecular flexibility index (Phi) is 9.42. The van der Waals surface area contributed by atoms with Crippen LogP contribution in [-0.4, -0.2) is 28.7 Å². The minimum Gasteiger partial charge on any atom is -0.316 e. The third kappa shape index (κ3) is 6.84. The Morgan fingerprint density at radius 1 is 0.239 bits per heavy atom. The average molecular weight is 907 g/mol. The Bertz CT molecular complexity index is 4250. The zero-order valence-corrected chi connectivity index (χ0v) is 38.4. The van der Waals surface area contributed by atoms with E-state index in [9.17, 15) is 0 Å². The third-order valence-electron chi connectivity index (χ3n) is 13.9. The van der Waals surface area contributed by atoms with Crippen LogP contribution in [0.5, 0.6) is 0 Å². The van der Waals surface area contributed by atoms with Gasteiger partial charge in [-0.05, 0) is 107 Å². The maximum atomic E-state index is 5.24. The molecule has 10 aromatic carbocycles. The quantitative estimate of drug-likeness (QED) is 0.153. The first kappa shape index (κ1) is 40.4. The van der Waals surface area contributed by atoms with Crippen molar-refractivity contribution in [2.75, 3.05) is 0 Å². The molecule has 0 spiro atoms. The molecule has 14 aromatic rings. The van der Waals surface area contributed by atoms with Crippen LogP contribution in [0.4, 0.5) is 0 Å². The molecule has 0 aliphatic heterocycles. The zero-order chi connectivity index (χ0) is 46.8. The van der Waals surface area contributed by atoms with E-state index in [4.69, 9.17) is 15.0 Å². The van der Waals surface area contributed by atoms with Crippen LogP contribution in [0.2, 0.25) is 0 Å². The Morgan fingerprint density at radius 3 is 1.35 bits per heavy atom. The summed E-state index contributed by atoms with van der Waals surface area (Å²) in [5, 5.41) is 5.96. The van der Waals surface area contributed by atoms with E-state index in [0.717, 1.165) is 72.4 Å². The Hall–Kier alpha value is -9.65. The summed E-state index contributed by atoms with van der Waals surface area (Å²) in [6.07, 6.45) is 2.20. The van der Waals surface area contributed by atoms with Gasteiger partial charge in [-0.2, -0.15) is 0 Å². The number of rotatable bonds is 8. The third-order valence-corrected chi connectivity index (χ3v) is 13.9. The van der Waals surface area contributed by atoms with E-state index in [-0.39, 0.29) is 0 Å². The van der Waals surface area contributed by atoms with Gasteiger partial charge in [-0.15, -0.1) is 0 Å². The maximum Gasteiger partial charge on any atom is 0.164 e. The van der Waals surface area contributed by atoms with Crippen molar-refractivity contribution in [2.45, 2.75) is 0 Å². The normalized spacial score (nSPS) is 11.7. The van der Waals surface area contributed by atoms with Crippen molar-refractivity contribution in [1.82, 2.24) is 28.7 Å². The van der Waals surface area contributed by atoms with Crippen LogP contribution in [0.25, 0.3) is 128 Å². The van der Waals surface area contributed by atoms with Gasteiger partial charge < -0.3 is 13.7 Å². The van der Waals surface area contributed by atoms with Crippen LogP contribution >= 0.6 is 0 Å². The largest absolute Gasteiger partial charge is 0.316 e. The highest BCUT2D eigenvalue weighted by atomic mass is 15.0. The molecule has 0 bridgehead atoms. The van der Waals surface area contributed by atoms with Gasteiger partial charge in [0.25, 0.3) is 0 Å². The van der Waals surface area contributed by atoms with E-state index >= 15 is 0 Å². The molecule has 0 amide bonds. The van der Waals surface area contributed by atoms with Crippen molar-refractivity contribution in [3.05, 3.63) is 255 Å². The second kappa shape index (κ2) is 16.5. The summed E-state index contributed by atoms with van der Waals surface area (Å²) in [7, 11) is 0. The lowest BCUT2D eigenvalue weighted by atomic mass is 10.00. The SMILES string of the molecule is c1ccc(-c2cc(-c3nc(-c4ccccc4)nc(-c4ccccc4)n3)cc(-n3c4ccc(-c5ccc6c(c5)c5ccccc5n6-c5ccccc5)cc4c4ccc5c(ccn5-c5ccccc5)c43)c2)cc1. The number of hydrogen-bond donors (Lipinski definition) is 0. The highest BCUT2D eigenvalue weighted by Crippen LogP contribution is 2.42. The van der Waals surface area contributed by atoms with E-state index in [2.05, 4.69) is 232 Å². The molecule has 4 heterocycles. The molecule has 14 rings (SSSR count). The minimum absolute atomic E-state index is 0.601. The first-order chi connectivity index (χ1) is 35.2. The van der Waals surface area contributed by atoms with E-state index < -0.39 is 0 Å². The maximum absolute atomic E-state index is 5.24. The Balaban J connectivity index is 1.02. The van der Waals surface area contributed by atoms with Gasteiger partial charge in [0.15, 0.2) is 17.5 Å². The van der Waals surface area contributed by atoms with Gasteiger partial charge in [-0.1, -0.05) is 164 Å². The summed E-state index contributed by atoms with van der Waals surface area (Å²) >= 11 is 0. The van der Waals surface area contributed by atoms with Crippen LogP contribution in [0.1, 0.15) is 0 Å². The predicted octanol–water partition coefficient (Wildman–Crippen LogP) is 16.3. The molecule has 0 fully saturated rings. The monoisotopic (exact) mass is 906 g/mol. The predicted molar refractivity (Wildman–Crippen MR) is 293 cm³/mol. The molecule has 0 aliphatic carbocycles. The summed E-state index contributed by atoms with van der Waals surface area (Å²) in [4.78, 5) is 15.5. The summed E-state index contributed by atoms with van der Waals surface area (Å²) in [6, 6.07) is 88.5. The van der Waals surface area contributed by atoms with Gasteiger partial charge in [-0.3, -0.25) is 0 Å². The van der Waals surface area contributed by atoms with E-state index in [1.165, 1.54) is 38.1 Å². The molecule has 6 nitrogen and oxygen atoms in total. The van der Waals surface area contributed by atoms with Crippen LogP contribution in [-0.2, 0) is 0 Å². The van der Waals surface area contributed by atoms with Crippen molar-refractivity contribution in [2.24, 2.45) is 0 Å². The molecule has 6 heteroatoms. The summed E-state index contributed by atoms with van der Waals surface area (Å²) in [6.45, 7) is 0. The molecule has 0 N–H and O–H groups in total. The molecule has 0 saturated heterocycles. The summed E-state index contributed by atoms with van der Waals surface area (Å²) < 4.78 is 7.12. The fourth-order valence-electron chi connectivity index (χ4n) is 10.6. The topological polar surface area (TPSA) is 53.5 Å². The molecule has 0 aliphatic rings. The average Bonchev–Trinajstić information content (AvgIpc) is 4.14. The molecule has 332 valence electrons. The smallest absolute Gasteiger partial charge is 0.164 e. The van der Waals surface area contributed by atoms with Gasteiger partial charge in [0.05, 0.1) is 27.6 Å². The number of benzene rings is 10. The lowest BCUT2D eigenvalue weighted by molar-refractivity contribution is 1.07. The highest BCUT2D eigenvalue weighted by molar-refractivity contribution is 6.19. The van der Waals surface area contributed by atoms with Crippen molar-refractivity contribution < 1.29 is 0 Å². The number of aromatic nitrogens is 6. The van der Waals surface area contributed by atoms with Gasteiger partial charge in [0, 0.05) is 66.9 Å². The lowest BCUT2D eigenvalue weighted by Gasteiger charge is -2.15. The van der Waals surface area contributed by atoms with Crippen molar-refractivity contribution in [1.29, 1.82) is 0 Å². The van der Waals surface area contributed by atoms with E-state index in [1.54, 1.807) is 0 Å². The molecule has 4 aromatic heterocycles. The second-order valence-electron chi connectivity index (χ2n) is 18.1. The van der Waals surface area contributed by atoms with Gasteiger partial charge in [0.2, 0.25) is 0 Å². The lowest BCUT2D eigenvalue weighted by Crippen LogP contribution is -2.02. The minimum atomic E-state index is 0.601. The standard InChI is InChI=1S/C65H42N6/c1-6-18-43(19-7-1)48-38-49(65-67-63(44-20-8-2-9-21-44)66-64(68-65)45-22-10-3-11-23-45)40-52(39-48)71-61-34-31-47(42-57(61)54-32-35-58-55(62(54)71)36-37-69(58)50-24-12-4-13-25-50)46-30-33-60-56(41-46)53-28-16-17-29-59(53)70(60)51-26-14-5-15-27-51/h1-42H. The van der Waals surface area contributed by atoms with Gasteiger partial charge in [-0.25, -0.2) is 15.0 Å². The van der Waals surface area contributed by atoms with Crippen LogP contribution < -0.4 is 0 Å². The molecule has 0 saturated carbocycles. The van der Waals surface area contributed by atoms with Crippen molar-refractivity contribution >= 4 is 54.5 Å². The van der Waals surface area contributed by atoms with E-state index in [0.29, 0.717) is 17.5 Å². The number of hydrogen-bond acceptors (Lipinski definition) is 3. The molecule has 0 atom stereocenters. The molecular weight excluding hydrogens is 865 g/mol. The first-order valence-corrected chi connectivity index (χ1v) is 24.0. The summed E-state index contributed by atoms with van der Waals surface area (Å²) in [5.74, 6) is 1.85. The molecule has 0 unspecified atom stereocenters. The van der Waals surface area contributed by atoms with Crippen molar-refractivity contribution in [3.63, 3.8) is 0 Å². The van der Waals surface area contributed by atoms with Crippen LogP contribution in [0.3, 0.4) is 0 Å². The van der Waals surface area contributed by atoms with Crippen LogP contribution in [0.15, 0.2) is 255 Å². The Morgan fingerprint density at radius 2 is 0.718 bits per heavy atom. The fraction of sp³-hybridized carbons (Fsp3) is 0. The van der Waals surface area contributed by atoms with Gasteiger partial charge in [0.1, 0.15) is 0 Å². The number of fused-ring (bicyclic) bond motifs is 8. The van der Waals surface area contributed by atoms with Crippen LogP contribution in [0, 0.1) is 0 Å². The summed E-state index contributed by atoms with van der Waals surface area (Å²) in [5.41, 5.74) is 16.2. The number of nitrogens with zero attached hydrogens (tertiary/aromatic N) is 6. The Labute approximate surface area is 409 Å². The van der Waals surface area contributed by atoms with E-state index in [1.807, 2.05) is 36.4 Å².